The molecule has 0 aliphatic rings. The van der Waals surface area contributed by atoms with Gasteiger partial charge in [-0.25, -0.2) is 4.99 Å². The molecule has 0 aliphatic heterocycles. The highest BCUT2D eigenvalue weighted by Gasteiger charge is 2.08. The van der Waals surface area contributed by atoms with Crippen LogP contribution in [0.4, 0.5) is 0 Å². The van der Waals surface area contributed by atoms with E-state index in [1.165, 1.54) is 0 Å². The minimum Gasteiger partial charge on any atom is -0.387 e. The van der Waals surface area contributed by atoms with Crippen LogP contribution in [0.15, 0.2) is 47.5 Å². The summed E-state index contributed by atoms with van der Waals surface area (Å²) in [5.74, 6) is 0.341. The molecule has 0 fully saturated rings. The molecule has 0 heterocycles. The zero-order valence-electron chi connectivity index (χ0n) is 12.0. The van der Waals surface area contributed by atoms with E-state index in [9.17, 15) is 0 Å². The molecule has 2 rings (SSSR count). The first-order valence-electron chi connectivity index (χ1n) is 6.74. The number of thiocarbonyl (C=S) groups is 1. The van der Waals surface area contributed by atoms with Crippen molar-refractivity contribution in [3.05, 3.63) is 68.7 Å². The summed E-state index contributed by atoms with van der Waals surface area (Å²) >= 11 is 23.2. The molecule has 0 atom stereocenters. The van der Waals surface area contributed by atoms with Crippen molar-refractivity contribution >= 4 is 58.0 Å². The second-order valence-corrected chi connectivity index (χ2v) is 6.40. The highest BCUT2D eigenvalue weighted by molar-refractivity contribution is 7.80. The second-order valence-electron chi connectivity index (χ2n) is 4.77. The third kappa shape index (κ3) is 5.66. The molecule has 7 heteroatoms. The maximum Gasteiger partial charge on any atom is 0.194 e. The van der Waals surface area contributed by atoms with Crippen molar-refractivity contribution in [2.75, 3.05) is 0 Å². The van der Waals surface area contributed by atoms with Crippen LogP contribution in [0.2, 0.25) is 15.1 Å². The number of nitrogens with zero attached hydrogens (tertiary/aromatic N) is 1. The van der Waals surface area contributed by atoms with Crippen LogP contribution in [-0.2, 0) is 13.0 Å². The van der Waals surface area contributed by atoms with Gasteiger partial charge < -0.3 is 11.1 Å². The van der Waals surface area contributed by atoms with Crippen LogP contribution in [0.3, 0.4) is 0 Å². The highest BCUT2D eigenvalue weighted by Crippen LogP contribution is 2.24. The molecule has 0 spiro atoms. The molecule has 2 aromatic rings. The summed E-state index contributed by atoms with van der Waals surface area (Å²) in [5.41, 5.74) is 7.70. The van der Waals surface area contributed by atoms with E-state index >= 15 is 0 Å². The third-order valence-corrected chi connectivity index (χ3v) is 4.22. The molecule has 2 aromatic carbocycles. The molecule has 0 saturated heterocycles. The predicted octanol–water partition coefficient (Wildman–Crippen LogP) is 4.62. The largest absolute Gasteiger partial charge is 0.387 e. The number of nitrogens with two attached hydrogens (primary N) is 1. The smallest absolute Gasteiger partial charge is 0.194 e. The Hall–Kier alpha value is -1.33. The van der Waals surface area contributed by atoms with Gasteiger partial charge in [0.2, 0.25) is 0 Å². The highest BCUT2D eigenvalue weighted by atomic mass is 35.5. The molecule has 0 unspecified atom stereocenters. The zero-order chi connectivity index (χ0) is 16.8. The molecule has 0 amide bonds. The molecule has 120 valence electrons. The fourth-order valence-corrected chi connectivity index (χ4v) is 2.72. The second kappa shape index (κ2) is 8.50. The average Bonchev–Trinajstić information content (AvgIpc) is 2.50. The minimum absolute atomic E-state index is 0.306. The first-order chi connectivity index (χ1) is 11.0. The van der Waals surface area contributed by atoms with E-state index in [0.29, 0.717) is 39.0 Å². The number of amidine groups is 1. The summed E-state index contributed by atoms with van der Waals surface area (Å²) in [7, 11) is 0. The number of halogens is 3. The molecular weight excluding hydrogens is 373 g/mol. The number of rotatable bonds is 4. The van der Waals surface area contributed by atoms with Crippen molar-refractivity contribution in [1.29, 1.82) is 0 Å². The van der Waals surface area contributed by atoms with Gasteiger partial charge in [-0.05, 0) is 47.6 Å². The van der Waals surface area contributed by atoms with Gasteiger partial charge in [-0.3, -0.25) is 0 Å². The molecule has 0 saturated carbocycles. The fourth-order valence-electron chi connectivity index (χ4n) is 1.87. The molecule has 0 aromatic heterocycles. The van der Waals surface area contributed by atoms with Crippen LogP contribution in [0, 0.1) is 0 Å². The lowest BCUT2D eigenvalue weighted by Crippen LogP contribution is -2.24. The average molecular weight is 387 g/mol. The van der Waals surface area contributed by atoms with E-state index in [0.717, 1.165) is 11.1 Å². The van der Waals surface area contributed by atoms with Crippen LogP contribution in [0.5, 0.6) is 0 Å². The van der Waals surface area contributed by atoms with Gasteiger partial charge in [0, 0.05) is 28.0 Å². The number of hydrogen-bond donors (Lipinski definition) is 2. The Labute approximate surface area is 155 Å². The van der Waals surface area contributed by atoms with Crippen LogP contribution in [0.25, 0.3) is 0 Å². The SMILES string of the molecule is NC(Cc1c(Cl)cccc1Cl)=NC(=S)NCc1ccc(Cl)cc1. The number of nitrogens with one attached hydrogen (secondary N) is 1. The zero-order valence-corrected chi connectivity index (χ0v) is 15.1. The van der Waals surface area contributed by atoms with Crippen LogP contribution in [0.1, 0.15) is 11.1 Å². The number of aliphatic imine (C=N–C) groups is 1. The van der Waals surface area contributed by atoms with Gasteiger partial charge in [-0.1, -0.05) is 53.0 Å². The van der Waals surface area contributed by atoms with Gasteiger partial charge in [0.25, 0.3) is 0 Å². The third-order valence-electron chi connectivity index (χ3n) is 3.02. The Morgan fingerprint density at radius 1 is 1.04 bits per heavy atom. The Kier molecular flexibility index (Phi) is 6.66. The van der Waals surface area contributed by atoms with Crippen molar-refractivity contribution < 1.29 is 0 Å². The lowest BCUT2D eigenvalue weighted by molar-refractivity contribution is 0.919. The standard InChI is InChI=1S/C16H14Cl3N3S/c17-11-6-4-10(5-7-11)9-21-16(23)22-15(20)8-12-13(18)2-1-3-14(12)19/h1-7H,8-9H2,(H3,20,21,22,23). The minimum atomic E-state index is 0.306. The molecule has 0 aliphatic carbocycles. The molecule has 0 bridgehead atoms. The Balaban J connectivity index is 1.95. The van der Waals surface area contributed by atoms with Crippen LogP contribution >= 0.6 is 47.0 Å². The quantitative estimate of drug-likeness (QED) is 0.458. The van der Waals surface area contributed by atoms with Crippen molar-refractivity contribution in [3.8, 4) is 0 Å². The van der Waals surface area contributed by atoms with E-state index in [1.54, 1.807) is 18.2 Å². The van der Waals surface area contributed by atoms with E-state index in [4.69, 9.17) is 52.8 Å². The summed E-state index contributed by atoms with van der Waals surface area (Å²) in [6.07, 6.45) is 0.335. The van der Waals surface area contributed by atoms with Gasteiger partial charge in [0.05, 0.1) is 0 Å². The maximum atomic E-state index is 6.11. The lowest BCUT2D eigenvalue weighted by atomic mass is 10.1. The maximum absolute atomic E-state index is 6.11. The summed E-state index contributed by atoms with van der Waals surface area (Å²) in [6.45, 7) is 0.541. The van der Waals surface area contributed by atoms with Crippen LogP contribution < -0.4 is 11.1 Å². The van der Waals surface area contributed by atoms with Crippen LogP contribution in [-0.4, -0.2) is 10.9 Å². The monoisotopic (exact) mass is 385 g/mol. The molecular formula is C16H14Cl3N3S. The molecule has 0 radical (unpaired) electrons. The predicted molar refractivity (Wildman–Crippen MR) is 103 cm³/mol. The fraction of sp³-hybridized carbons (Fsp3) is 0.125. The van der Waals surface area contributed by atoms with Gasteiger partial charge in [-0.2, -0.15) is 0 Å². The van der Waals surface area contributed by atoms with E-state index in [2.05, 4.69) is 10.3 Å². The number of hydrogen-bond acceptors (Lipinski definition) is 1. The molecule has 23 heavy (non-hydrogen) atoms. The molecule has 3 N–H and O–H groups in total. The first-order valence-corrected chi connectivity index (χ1v) is 8.28. The van der Waals surface area contributed by atoms with Crippen molar-refractivity contribution in [2.45, 2.75) is 13.0 Å². The van der Waals surface area contributed by atoms with Crippen molar-refractivity contribution in [3.63, 3.8) is 0 Å². The number of benzene rings is 2. The Morgan fingerprint density at radius 2 is 1.65 bits per heavy atom. The normalized spacial score (nSPS) is 11.3. The lowest BCUT2D eigenvalue weighted by Gasteiger charge is -2.08. The Morgan fingerprint density at radius 3 is 2.26 bits per heavy atom. The van der Waals surface area contributed by atoms with Gasteiger partial charge in [-0.15, -0.1) is 0 Å². The Bertz CT molecular complexity index is 710. The molecule has 3 nitrogen and oxygen atoms in total. The topological polar surface area (TPSA) is 50.4 Å². The van der Waals surface area contributed by atoms with Crippen molar-refractivity contribution in [1.82, 2.24) is 5.32 Å². The van der Waals surface area contributed by atoms with Gasteiger partial charge in [0.1, 0.15) is 5.84 Å². The van der Waals surface area contributed by atoms with E-state index < -0.39 is 0 Å². The summed E-state index contributed by atoms with van der Waals surface area (Å²) in [5, 5.41) is 5.12. The summed E-state index contributed by atoms with van der Waals surface area (Å²) < 4.78 is 0. The van der Waals surface area contributed by atoms with Gasteiger partial charge in [0.15, 0.2) is 5.11 Å². The first kappa shape index (κ1) is 18.0. The van der Waals surface area contributed by atoms with Gasteiger partial charge >= 0.3 is 0 Å². The van der Waals surface area contributed by atoms with Crippen molar-refractivity contribution in [2.24, 2.45) is 10.7 Å². The van der Waals surface area contributed by atoms with E-state index in [1.807, 2.05) is 24.3 Å². The summed E-state index contributed by atoms with van der Waals surface area (Å²) in [6, 6.07) is 12.8. The van der Waals surface area contributed by atoms with E-state index in [-0.39, 0.29) is 0 Å². The summed E-state index contributed by atoms with van der Waals surface area (Å²) in [4.78, 5) is 4.16.